The second-order valence-corrected chi connectivity index (χ2v) is 11.8. The van der Waals surface area contributed by atoms with Crippen LogP contribution in [0.3, 0.4) is 0 Å². The molecule has 3 nitrogen and oxygen atoms in total. The summed E-state index contributed by atoms with van der Waals surface area (Å²) in [4.78, 5) is 5.41. The van der Waals surface area contributed by atoms with Crippen molar-refractivity contribution in [1.29, 1.82) is 0 Å². The summed E-state index contributed by atoms with van der Waals surface area (Å²) >= 11 is 0. The molecule has 2 saturated carbocycles. The van der Waals surface area contributed by atoms with Gasteiger partial charge in [0.15, 0.2) is 0 Å². The molecule has 2 aliphatic carbocycles. The molecule has 3 fully saturated rings. The molecule has 1 saturated heterocycles. The predicted molar refractivity (Wildman–Crippen MR) is 115 cm³/mol. The van der Waals surface area contributed by atoms with E-state index in [-0.39, 0.29) is 5.60 Å². The first-order chi connectivity index (χ1) is 12.6. The van der Waals surface area contributed by atoms with Crippen LogP contribution >= 0.6 is 0 Å². The minimum atomic E-state index is 0.0256. The quantitative estimate of drug-likeness (QED) is 0.602. The number of piperazine rings is 1. The highest BCUT2D eigenvalue weighted by molar-refractivity contribution is 4.93. The van der Waals surface area contributed by atoms with Gasteiger partial charge in [-0.2, -0.15) is 0 Å². The molecule has 27 heavy (non-hydrogen) atoms. The third-order valence-corrected chi connectivity index (χ3v) is 7.34. The Labute approximate surface area is 169 Å². The van der Waals surface area contributed by atoms with Gasteiger partial charge < -0.3 is 9.64 Å². The first-order valence-electron chi connectivity index (χ1n) is 11.7. The van der Waals surface area contributed by atoms with Crippen molar-refractivity contribution in [3.63, 3.8) is 0 Å². The van der Waals surface area contributed by atoms with Crippen LogP contribution in [0.1, 0.15) is 80.1 Å². The van der Waals surface area contributed by atoms with Gasteiger partial charge in [0.05, 0.1) is 5.60 Å². The SMILES string of the molecule is CC(C)(C)OCCCC1CC2CC(CN3CCN(C(C)(C)C)CC3)CC2C1. The van der Waals surface area contributed by atoms with Crippen LogP contribution < -0.4 is 0 Å². The number of fused-ring (bicyclic) bond motifs is 1. The first kappa shape index (κ1) is 21.6. The van der Waals surface area contributed by atoms with E-state index >= 15 is 0 Å². The normalized spacial score (nSPS) is 33.6. The molecule has 0 aromatic rings. The predicted octanol–water partition coefficient (Wildman–Crippen LogP) is 5.05. The molecular weight excluding hydrogens is 332 g/mol. The molecule has 0 aromatic heterocycles. The van der Waals surface area contributed by atoms with Gasteiger partial charge in [-0.05, 0) is 104 Å². The van der Waals surface area contributed by atoms with Crippen molar-refractivity contribution in [2.75, 3.05) is 39.3 Å². The molecule has 0 radical (unpaired) electrons. The van der Waals surface area contributed by atoms with Crippen LogP contribution in [-0.4, -0.2) is 60.3 Å². The van der Waals surface area contributed by atoms with Crippen LogP contribution in [0, 0.1) is 23.7 Å². The van der Waals surface area contributed by atoms with Crippen LogP contribution in [0.4, 0.5) is 0 Å². The first-order valence-corrected chi connectivity index (χ1v) is 11.7. The molecule has 0 spiro atoms. The number of nitrogens with zero attached hydrogens (tertiary/aromatic N) is 2. The van der Waals surface area contributed by atoms with E-state index in [9.17, 15) is 0 Å². The highest BCUT2D eigenvalue weighted by Crippen LogP contribution is 2.50. The molecule has 0 bridgehead atoms. The molecule has 3 rings (SSSR count). The van der Waals surface area contributed by atoms with Gasteiger partial charge in [0.25, 0.3) is 0 Å². The van der Waals surface area contributed by atoms with Gasteiger partial charge in [0.1, 0.15) is 0 Å². The lowest BCUT2D eigenvalue weighted by molar-refractivity contribution is -0.00595. The van der Waals surface area contributed by atoms with Gasteiger partial charge >= 0.3 is 0 Å². The summed E-state index contributed by atoms with van der Waals surface area (Å²) in [5, 5.41) is 0. The molecule has 0 amide bonds. The van der Waals surface area contributed by atoms with Crippen LogP contribution in [0.25, 0.3) is 0 Å². The fourth-order valence-corrected chi connectivity index (χ4v) is 5.97. The molecule has 3 heteroatoms. The zero-order valence-corrected chi connectivity index (χ0v) is 19.1. The Balaban J connectivity index is 1.31. The van der Waals surface area contributed by atoms with Crippen LogP contribution in [0.5, 0.6) is 0 Å². The molecule has 2 atom stereocenters. The van der Waals surface area contributed by atoms with Gasteiger partial charge in [-0.25, -0.2) is 0 Å². The molecule has 158 valence electrons. The van der Waals surface area contributed by atoms with Crippen molar-refractivity contribution in [1.82, 2.24) is 9.80 Å². The molecule has 1 heterocycles. The van der Waals surface area contributed by atoms with E-state index in [1.807, 2.05) is 0 Å². The van der Waals surface area contributed by atoms with E-state index in [1.54, 1.807) is 0 Å². The number of rotatable bonds is 6. The fraction of sp³-hybridized carbons (Fsp3) is 1.00. The fourth-order valence-electron chi connectivity index (χ4n) is 5.97. The van der Waals surface area contributed by atoms with Crippen molar-refractivity contribution in [3.05, 3.63) is 0 Å². The zero-order chi connectivity index (χ0) is 19.7. The summed E-state index contributed by atoms with van der Waals surface area (Å²) in [5.41, 5.74) is 0.362. The second-order valence-electron chi connectivity index (χ2n) is 11.8. The van der Waals surface area contributed by atoms with Crippen LogP contribution in [0.15, 0.2) is 0 Å². The molecular formula is C24H46N2O. The highest BCUT2D eigenvalue weighted by Gasteiger charge is 2.41. The maximum atomic E-state index is 5.90. The number of ether oxygens (including phenoxy) is 1. The molecule has 3 aliphatic rings. The summed E-state index contributed by atoms with van der Waals surface area (Å²) in [6.45, 7) is 20.9. The van der Waals surface area contributed by atoms with Crippen molar-refractivity contribution in [2.24, 2.45) is 23.7 Å². The highest BCUT2D eigenvalue weighted by atomic mass is 16.5. The third kappa shape index (κ3) is 6.44. The summed E-state index contributed by atoms with van der Waals surface area (Å²) < 4.78 is 5.90. The number of hydrogen-bond acceptors (Lipinski definition) is 3. The number of hydrogen-bond donors (Lipinski definition) is 0. The smallest absolute Gasteiger partial charge is 0.0598 e. The van der Waals surface area contributed by atoms with E-state index in [4.69, 9.17) is 4.74 Å². The van der Waals surface area contributed by atoms with Gasteiger partial charge in [0.2, 0.25) is 0 Å². The van der Waals surface area contributed by atoms with E-state index in [1.165, 1.54) is 71.2 Å². The van der Waals surface area contributed by atoms with Gasteiger partial charge in [-0.15, -0.1) is 0 Å². The topological polar surface area (TPSA) is 15.7 Å². The minimum absolute atomic E-state index is 0.0256. The molecule has 0 aromatic carbocycles. The van der Waals surface area contributed by atoms with Crippen molar-refractivity contribution >= 4 is 0 Å². The lowest BCUT2D eigenvalue weighted by atomic mass is 9.94. The van der Waals surface area contributed by atoms with E-state index < -0.39 is 0 Å². The summed E-state index contributed by atoms with van der Waals surface area (Å²) in [5.74, 6) is 4.05. The summed E-state index contributed by atoms with van der Waals surface area (Å²) in [6.07, 6.45) is 8.69. The Hall–Kier alpha value is -0.120. The second kappa shape index (κ2) is 8.71. The third-order valence-electron chi connectivity index (χ3n) is 7.34. The molecule has 1 aliphatic heterocycles. The van der Waals surface area contributed by atoms with E-state index in [2.05, 4.69) is 51.3 Å². The standard InChI is InChI=1S/C24H46N2O/c1-23(2,3)26-11-9-25(10-12-26)18-20-16-21-14-19(15-22(21)17-20)8-7-13-27-24(4,5)6/h19-22H,7-18H2,1-6H3. The zero-order valence-electron chi connectivity index (χ0n) is 19.1. The summed E-state index contributed by atoms with van der Waals surface area (Å²) in [7, 11) is 0. The summed E-state index contributed by atoms with van der Waals surface area (Å²) in [6, 6.07) is 0. The Kier molecular flexibility index (Phi) is 6.97. The van der Waals surface area contributed by atoms with Gasteiger partial charge in [-0.1, -0.05) is 0 Å². The Bertz CT molecular complexity index is 442. The van der Waals surface area contributed by atoms with Crippen molar-refractivity contribution in [3.8, 4) is 0 Å². The minimum Gasteiger partial charge on any atom is -0.376 e. The van der Waals surface area contributed by atoms with Crippen LogP contribution in [0.2, 0.25) is 0 Å². The van der Waals surface area contributed by atoms with Crippen molar-refractivity contribution < 1.29 is 4.74 Å². The monoisotopic (exact) mass is 378 g/mol. The van der Waals surface area contributed by atoms with Gasteiger partial charge in [-0.3, -0.25) is 4.90 Å². The maximum absolute atomic E-state index is 5.90. The maximum Gasteiger partial charge on any atom is 0.0598 e. The Morgan fingerprint density at radius 3 is 1.85 bits per heavy atom. The lowest BCUT2D eigenvalue weighted by Crippen LogP contribution is -2.53. The van der Waals surface area contributed by atoms with E-state index in [0.717, 1.165) is 30.3 Å². The van der Waals surface area contributed by atoms with Gasteiger partial charge in [0, 0.05) is 44.9 Å². The lowest BCUT2D eigenvalue weighted by Gasteiger charge is -2.42. The Morgan fingerprint density at radius 2 is 1.33 bits per heavy atom. The van der Waals surface area contributed by atoms with E-state index in [0.29, 0.717) is 5.54 Å². The van der Waals surface area contributed by atoms with Crippen LogP contribution in [-0.2, 0) is 4.74 Å². The average Bonchev–Trinajstić information content (AvgIpc) is 3.08. The van der Waals surface area contributed by atoms with Crippen molar-refractivity contribution in [2.45, 2.75) is 91.2 Å². The molecule has 0 N–H and O–H groups in total. The average molecular weight is 379 g/mol. The molecule has 2 unspecified atom stereocenters. The Morgan fingerprint density at radius 1 is 0.778 bits per heavy atom. The largest absolute Gasteiger partial charge is 0.376 e.